The molecule has 81 heavy (non-hydrogen) atoms. The van der Waals surface area contributed by atoms with Crippen molar-refractivity contribution in [1.29, 1.82) is 0 Å². The highest BCUT2D eigenvalue weighted by Gasteiger charge is 2.44. The number of β-amino-alcohol motifs (C(OH)–C–C–N with tert-alkyl or cyclic N) is 1. The summed E-state index contributed by atoms with van der Waals surface area (Å²) in [6.45, 7) is 10.8. The SMILES string of the molecule is CCCCCOc1ccc(-c2ccc(-c3ccc(C(=O)NCC(=O)NC(CC)C(=O)N4C[C@H](O)CC4C(=O)NC(CCc4ccc(O)cc4)C(=O)NC(CC)C(=O)N4C[C@H](C)CC4C(=O)NC(CC)OCCN(C)C)cc3)cc2)cc1. The Labute approximate surface area is 476 Å². The van der Waals surface area contributed by atoms with E-state index in [1.165, 1.54) is 21.9 Å². The molecule has 4 aromatic carbocycles. The van der Waals surface area contributed by atoms with Crippen LogP contribution in [0.2, 0.25) is 0 Å². The molecule has 2 fully saturated rings. The zero-order valence-corrected chi connectivity index (χ0v) is 48.1. The molecule has 4 aromatic rings. The van der Waals surface area contributed by atoms with Gasteiger partial charge in [0.25, 0.3) is 5.91 Å². The van der Waals surface area contributed by atoms with Crippen molar-refractivity contribution >= 4 is 41.4 Å². The number of hydrogen-bond donors (Lipinski definition) is 7. The van der Waals surface area contributed by atoms with E-state index in [0.717, 1.165) is 52.8 Å². The van der Waals surface area contributed by atoms with Crippen LogP contribution in [-0.4, -0.2) is 162 Å². The second-order valence-corrected chi connectivity index (χ2v) is 21.5. The number of aryl methyl sites for hydroxylation is 1. The van der Waals surface area contributed by atoms with Crippen LogP contribution in [0.3, 0.4) is 0 Å². The van der Waals surface area contributed by atoms with Gasteiger partial charge in [-0.05, 0) is 129 Å². The van der Waals surface area contributed by atoms with Crippen molar-refractivity contribution in [3.63, 3.8) is 0 Å². The minimum atomic E-state index is -1.23. The number of nitrogens with zero attached hydrogens (tertiary/aromatic N) is 3. The van der Waals surface area contributed by atoms with E-state index in [-0.39, 0.29) is 56.2 Å². The summed E-state index contributed by atoms with van der Waals surface area (Å²) in [6.07, 6.45) is 3.08. The van der Waals surface area contributed by atoms with Crippen molar-refractivity contribution in [2.45, 2.75) is 141 Å². The van der Waals surface area contributed by atoms with E-state index in [9.17, 15) is 43.8 Å². The maximum absolute atomic E-state index is 14.3. The number of carbonyl (C=O) groups is 7. The van der Waals surface area contributed by atoms with Crippen molar-refractivity contribution in [3.05, 3.63) is 108 Å². The third-order valence-electron chi connectivity index (χ3n) is 14.8. The number of nitrogens with one attached hydrogen (secondary N) is 5. The molecule has 0 aliphatic carbocycles. The number of aromatic hydroxyl groups is 1. The van der Waals surface area contributed by atoms with Crippen molar-refractivity contribution in [2.75, 3.05) is 53.5 Å². The second-order valence-electron chi connectivity index (χ2n) is 21.5. The van der Waals surface area contributed by atoms with Crippen molar-refractivity contribution < 1.29 is 53.2 Å². The lowest BCUT2D eigenvalue weighted by molar-refractivity contribution is -0.144. The molecule has 2 saturated heterocycles. The summed E-state index contributed by atoms with van der Waals surface area (Å²) in [6, 6.07) is 24.1. The molecule has 7 amide bonds. The van der Waals surface area contributed by atoms with E-state index in [0.29, 0.717) is 44.7 Å². The highest BCUT2D eigenvalue weighted by Crippen LogP contribution is 2.28. The van der Waals surface area contributed by atoms with Crippen LogP contribution in [0.4, 0.5) is 0 Å². The molecule has 0 aromatic heterocycles. The Bertz CT molecular complexity index is 2710. The van der Waals surface area contributed by atoms with Crippen LogP contribution >= 0.6 is 0 Å². The number of phenols is 1. The zero-order valence-electron chi connectivity index (χ0n) is 48.1. The van der Waals surface area contributed by atoms with Gasteiger partial charge in [-0.3, -0.25) is 33.6 Å². The van der Waals surface area contributed by atoms with Gasteiger partial charge in [0.1, 0.15) is 47.9 Å². The zero-order chi connectivity index (χ0) is 58.6. The quantitative estimate of drug-likeness (QED) is 0.0261. The third-order valence-corrected chi connectivity index (χ3v) is 14.8. The molecule has 8 atom stereocenters. The summed E-state index contributed by atoms with van der Waals surface area (Å²) in [7, 11) is 3.85. The van der Waals surface area contributed by atoms with E-state index in [1.807, 2.05) is 93.5 Å². The fourth-order valence-electron chi connectivity index (χ4n) is 10.1. The molecule has 438 valence electrons. The summed E-state index contributed by atoms with van der Waals surface area (Å²) in [5.41, 5.74) is 5.05. The minimum Gasteiger partial charge on any atom is -0.508 e. The monoisotopic (exact) mass is 1120 g/mol. The summed E-state index contributed by atoms with van der Waals surface area (Å²) >= 11 is 0. The fourth-order valence-corrected chi connectivity index (χ4v) is 10.1. The molecule has 6 rings (SSSR count). The van der Waals surface area contributed by atoms with Crippen molar-refractivity contribution in [3.8, 4) is 33.8 Å². The predicted molar refractivity (Wildman–Crippen MR) is 310 cm³/mol. The first-order valence-corrected chi connectivity index (χ1v) is 28.7. The maximum atomic E-state index is 14.3. The summed E-state index contributed by atoms with van der Waals surface area (Å²) in [5.74, 6) is -3.08. The number of phenolic OH excluding ortho intramolecular Hbond substituents is 1. The van der Waals surface area contributed by atoms with Gasteiger partial charge in [0.2, 0.25) is 35.4 Å². The van der Waals surface area contributed by atoms with Gasteiger partial charge in [0, 0.05) is 31.6 Å². The number of aliphatic hydroxyl groups excluding tert-OH is 1. The first-order valence-electron chi connectivity index (χ1n) is 28.7. The molecule has 7 N–H and O–H groups in total. The Morgan fingerprint density at radius 2 is 1.20 bits per heavy atom. The first-order chi connectivity index (χ1) is 38.9. The van der Waals surface area contributed by atoms with Crippen molar-refractivity contribution in [2.24, 2.45) is 5.92 Å². The van der Waals surface area contributed by atoms with Crippen LogP contribution in [0.15, 0.2) is 97.1 Å². The highest BCUT2D eigenvalue weighted by atomic mass is 16.5. The molecule has 0 saturated carbocycles. The number of aliphatic hydroxyl groups is 1. The molecule has 6 unspecified atom stereocenters. The molecule has 2 heterocycles. The van der Waals surface area contributed by atoms with Gasteiger partial charge in [0.05, 0.1) is 25.9 Å². The number of unbranched alkanes of at least 4 members (excludes halogenated alkanes) is 2. The molecule has 2 aliphatic rings. The molecule has 19 nitrogen and oxygen atoms in total. The van der Waals surface area contributed by atoms with E-state index >= 15 is 0 Å². The number of amides is 7. The average Bonchev–Trinajstić information content (AvgIpc) is 4.09. The molecule has 0 radical (unpaired) electrons. The Morgan fingerprint density at radius 1 is 0.642 bits per heavy atom. The van der Waals surface area contributed by atoms with Gasteiger partial charge in [-0.25, -0.2) is 0 Å². The number of hydrogen-bond acceptors (Lipinski definition) is 12. The molecular weight excluding hydrogens is 1030 g/mol. The number of rotatable bonds is 29. The van der Waals surface area contributed by atoms with E-state index in [4.69, 9.17) is 9.47 Å². The van der Waals surface area contributed by atoms with Gasteiger partial charge in [-0.15, -0.1) is 0 Å². The van der Waals surface area contributed by atoms with Crippen LogP contribution in [-0.2, 0) is 39.9 Å². The molecular formula is C62H84N8O11. The standard InChI is InChI=1S/C62H84N8O11/c1-8-12-13-33-80-49-29-25-45(26-30-49)43-19-17-42(18-20-43)44-21-23-46(24-22-44)57(74)63-37-55(73)64-50(9-2)61(78)70-39-48(72)36-54(70)59(76)66-52(31-16-41-14-27-47(71)28-15-41)58(75)65-51(10-3)62(79)69-38-40(5)35-53(69)60(77)67-56(11-4)81-34-32-68(6)7/h14-15,17-30,40,48,50-54,56,71-72H,8-13,16,31-39H2,1-7H3,(H,63,74)(H,64,73)(H,65,75)(H,66,76)(H,67,77)/t40-,48-,50?,51?,52?,53?,54?,56?/m1/s1. The van der Waals surface area contributed by atoms with Gasteiger partial charge in [-0.2, -0.15) is 0 Å². The van der Waals surface area contributed by atoms with Gasteiger partial charge in [0.15, 0.2) is 0 Å². The summed E-state index contributed by atoms with van der Waals surface area (Å²) in [5, 5.41) is 34.6. The maximum Gasteiger partial charge on any atom is 0.251 e. The van der Waals surface area contributed by atoms with Crippen molar-refractivity contribution in [1.82, 2.24) is 41.3 Å². The summed E-state index contributed by atoms with van der Waals surface area (Å²) < 4.78 is 11.8. The Morgan fingerprint density at radius 3 is 1.78 bits per heavy atom. The predicted octanol–water partition coefficient (Wildman–Crippen LogP) is 5.56. The number of carbonyl (C=O) groups excluding carboxylic acids is 7. The van der Waals surface area contributed by atoms with Gasteiger partial charge < -0.3 is 61.0 Å². The van der Waals surface area contributed by atoms with Gasteiger partial charge >= 0.3 is 0 Å². The molecule has 2 aliphatic heterocycles. The average molecular weight is 1120 g/mol. The number of benzene rings is 4. The lowest BCUT2D eigenvalue weighted by atomic mass is 9.99. The Hall–Kier alpha value is -7.35. The molecule has 0 spiro atoms. The van der Waals surface area contributed by atoms with Gasteiger partial charge in [-0.1, -0.05) is 108 Å². The smallest absolute Gasteiger partial charge is 0.251 e. The number of ether oxygens (including phenoxy) is 2. The normalized spacial score (nSPS) is 18.3. The van der Waals surface area contributed by atoms with E-state index in [1.54, 1.807) is 38.1 Å². The van der Waals surface area contributed by atoms with Crippen LogP contribution in [0, 0.1) is 5.92 Å². The fraction of sp³-hybridized carbons (Fsp3) is 0.500. The van der Waals surface area contributed by atoms with Crippen LogP contribution in [0.5, 0.6) is 11.5 Å². The van der Waals surface area contributed by atoms with Crippen LogP contribution in [0.25, 0.3) is 22.3 Å². The molecule has 19 heteroatoms. The summed E-state index contributed by atoms with van der Waals surface area (Å²) in [4.78, 5) is 102. The lowest BCUT2D eigenvalue weighted by Crippen LogP contribution is -2.59. The Balaban J connectivity index is 1.05. The lowest BCUT2D eigenvalue weighted by Gasteiger charge is -2.31. The van der Waals surface area contributed by atoms with E-state index < -0.39 is 84.5 Å². The third kappa shape index (κ3) is 18.3. The second kappa shape index (κ2) is 31.0. The number of likely N-dealkylation sites (tertiary alicyclic amines) is 2. The first kappa shape index (κ1) is 62.8. The number of likely N-dealkylation sites (N-methyl/N-ethyl adjacent to an activating group) is 1. The van der Waals surface area contributed by atoms with E-state index in [2.05, 4.69) is 33.5 Å². The topological polar surface area (TPSA) is 248 Å². The largest absolute Gasteiger partial charge is 0.508 e. The van der Waals surface area contributed by atoms with Crippen LogP contribution in [0.1, 0.15) is 108 Å². The van der Waals surface area contributed by atoms with Crippen LogP contribution < -0.4 is 31.3 Å². The minimum absolute atomic E-state index is 0.00102. The highest BCUT2D eigenvalue weighted by molar-refractivity contribution is 5.99. The Kier molecular flexibility index (Phi) is 24.1. The molecule has 0 bridgehead atoms.